The van der Waals surface area contributed by atoms with Gasteiger partial charge in [-0.2, -0.15) is 0 Å². The van der Waals surface area contributed by atoms with Crippen LogP contribution < -0.4 is 10.6 Å². The molecule has 0 bridgehead atoms. The molecule has 1 unspecified atom stereocenters. The Morgan fingerprint density at radius 2 is 1.89 bits per heavy atom. The number of carbonyl (C=O) groups excluding carboxylic acids is 1. The first-order valence-corrected chi connectivity index (χ1v) is 10.5. The Morgan fingerprint density at radius 1 is 1.18 bits per heavy atom. The zero-order valence-electron chi connectivity index (χ0n) is 16.4. The molecular weight excluding hydrogens is 370 g/mol. The van der Waals surface area contributed by atoms with Crippen molar-refractivity contribution in [2.75, 3.05) is 26.2 Å². The van der Waals surface area contributed by atoms with E-state index in [4.69, 9.17) is 11.6 Å². The topological polar surface area (TPSA) is 44.4 Å². The van der Waals surface area contributed by atoms with Crippen molar-refractivity contribution < 1.29 is 4.79 Å². The third-order valence-electron chi connectivity index (χ3n) is 5.98. The molecule has 1 amide bonds. The van der Waals surface area contributed by atoms with E-state index >= 15 is 0 Å². The third-order valence-corrected chi connectivity index (χ3v) is 6.24. The highest BCUT2D eigenvalue weighted by Gasteiger charge is 2.44. The van der Waals surface area contributed by atoms with Gasteiger partial charge in [0.1, 0.15) is 0 Å². The van der Waals surface area contributed by atoms with Gasteiger partial charge in [0, 0.05) is 43.8 Å². The van der Waals surface area contributed by atoms with Crippen LogP contribution in [-0.4, -0.2) is 43.0 Å². The van der Waals surface area contributed by atoms with Gasteiger partial charge in [-0.3, -0.25) is 9.69 Å². The number of carbonyl (C=O) groups is 1. The van der Waals surface area contributed by atoms with Crippen molar-refractivity contribution in [3.05, 3.63) is 70.2 Å². The smallest absolute Gasteiger partial charge is 0.229 e. The number of nitrogens with zero attached hydrogens (tertiary/aromatic N) is 1. The number of hydrogen-bond donors (Lipinski definition) is 2. The lowest BCUT2D eigenvalue weighted by molar-refractivity contribution is -0.134. The maximum atomic E-state index is 13.1. The second-order valence-corrected chi connectivity index (χ2v) is 8.75. The van der Waals surface area contributed by atoms with Crippen LogP contribution in [0.4, 0.5) is 0 Å². The van der Waals surface area contributed by atoms with Gasteiger partial charge in [-0.05, 0) is 48.6 Å². The fraction of sp³-hybridized carbons (Fsp3) is 0.435. The average Bonchev–Trinajstić information content (AvgIpc) is 2.66. The van der Waals surface area contributed by atoms with Crippen LogP contribution in [0.1, 0.15) is 23.6 Å². The van der Waals surface area contributed by atoms with E-state index in [9.17, 15) is 4.79 Å². The third kappa shape index (κ3) is 4.24. The van der Waals surface area contributed by atoms with Gasteiger partial charge < -0.3 is 10.6 Å². The van der Waals surface area contributed by atoms with Crippen molar-refractivity contribution in [3.8, 4) is 0 Å². The molecule has 1 atom stereocenters. The predicted molar refractivity (Wildman–Crippen MR) is 113 cm³/mol. The number of hydrogen-bond acceptors (Lipinski definition) is 3. The van der Waals surface area contributed by atoms with Crippen molar-refractivity contribution in [1.29, 1.82) is 0 Å². The molecule has 0 radical (unpaired) electrons. The first-order valence-electron chi connectivity index (χ1n) is 10.1. The van der Waals surface area contributed by atoms with E-state index in [2.05, 4.69) is 46.7 Å². The zero-order chi connectivity index (χ0) is 19.6. The molecule has 28 heavy (non-hydrogen) atoms. The molecule has 148 valence electrons. The number of rotatable bonds is 6. The number of nitrogens with one attached hydrogen (secondary N) is 2. The minimum Gasteiger partial charge on any atom is -0.352 e. The van der Waals surface area contributed by atoms with E-state index in [1.54, 1.807) is 0 Å². The highest BCUT2D eigenvalue weighted by Crippen LogP contribution is 2.29. The van der Waals surface area contributed by atoms with Crippen LogP contribution in [0, 0.1) is 5.41 Å². The van der Waals surface area contributed by atoms with Crippen LogP contribution in [0.5, 0.6) is 0 Å². The summed E-state index contributed by atoms with van der Waals surface area (Å²) in [4.78, 5) is 15.5. The van der Waals surface area contributed by atoms with E-state index in [1.165, 1.54) is 11.1 Å². The molecule has 2 N–H and O–H groups in total. The Kier molecular flexibility index (Phi) is 5.72. The normalized spacial score (nSPS) is 19.4. The lowest BCUT2D eigenvalue weighted by Crippen LogP contribution is -2.64. The molecule has 1 fully saturated rings. The van der Waals surface area contributed by atoms with Gasteiger partial charge in [0.25, 0.3) is 0 Å². The quantitative estimate of drug-likeness (QED) is 0.787. The molecule has 2 heterocycles. The monoisotopic (exact) mass is 397 g/mol. The molecule has 0 aromatic heterocycles. The number of amides is 1. The Balaban J connectivity index is 1.34. The average molecular weight is 398 g/mol. The van der Waals surface area contributed by atoms with Crippen LogP contribution in [0.25, 0.3) is 0 Å². The Morgan fingerprint density at radius 3 is 2.57 bits per heavy atom. The Hall–Kier alpha value is -1.88. The molecule has 2 aliphatic heterocycles. The summed E-state index contributed by atoms with van der Waals surface area (Å²) < 4.78 is 0. The molecule has 1 saturated heterocycles. The number of halogens is 1. The van der Waals surface area contributed by atoms with Crippen molar-refractivity contribution in [3.63, 3.8) is 0 Å². The van der Waals surface area contributed by atoms with Gasteiger partial charge >= 0.3 is 0 Å². The number of benzene rings is 2. The summed E-state index contributed by atoms with van der Waals surface area (Å²) in [6.45, 7) is 6.46. The standard InChI is InChI=1S/C23H28ClN3O/c1-17(13-27-11-10-19-4-2-3-5-20(19)14-27)26-22(28)23(15-25-16-23)12-18-6-8-21(24)9-7-18/h2-9,17,25H,10-16H2,1H3,(H,26,28). The van der Waals surface area contributed by atoms with E-state index in [0.29, 0.717) is 0 Å². The van der Waals surface area contributed by atoms with Crippen LogP contribution in [0.15, 0.2) is 48.5 Å². The first-order chi connectivity index (χ1) is 13.5. The summed E-state index contributed by atoms with van der Waals surface area (Å²) in [6, 6.07) is 16.6. The summed E-state index contributed by atoms with van der Waals surface area (Å²) >= 11 is 5.99. The van der Waals surface area contributed by atoms with Crippen molar-refractivity contribution in [1.82, 2.24) is 15.5 Å². The fourth-order valence-corrected chi connectivity index (χ4v) is 4.43. The summed E-state index contributed by atoms with van der Waals surface area (Å²) in [5.74, 6) is 0.158. The van der Waals surface area contributed by atoms with Gasteiger partial charge in [0.15, 0.2) is 0 Å². The molecule has 4 rings (SSSR count). The molecule has 2 aromatic carbocycles. The Labute approximate surface area is 172 Å². The molecule has 5 heteroatoms. The molecule has 0 spiro atoms. The highest BCUT2D eigenvalue weighted by atomic mass is 35.5. The zero-order valence-corrected chi connectivity index (χ0v) is 17.1. The van der Waals surface area contributed by atoms with Crippen LogP contribution in [0.2, 0.25) is 5.02 Å². The largest absolute Gasteiger partial charge is 0.352 e. The van der Waals surface area contributed by atoms with Gasteiger partial charge in [0.2, 0.25) is 5.91 Å². The second kappa shape index (κ2) is 8.24. The van der Waals surface area contributed by atoms with Crippen molar-refractivity contribution >= 4 is 17.5 Å². The summed E-state index contributed by atoms with van der Waals surface area (Å²) in [5, 5.41) is 7.29. The highest BCUT2D eigenvalue weighted by molar-refractivity contribution is 6.30. The Bertz CT molecular complexity index is 832. The summed E-state index contributed by atoms with van der Waals surface area (Å²) in [6.07, 6.45) is 1.83. The minimum absolute atomic E-state index is 0.125. The summed E-state index contributed by atoms with van der Waals surface area (Å²) in [5.41, 5.74) is 3.67. The lowest BCUT2D eigenvalue weighted by atomic mass is 9.75. The first kappa shape index (κ1) is 19.4. The molecule has 0 aliphatic carbocycles. The van der Waals surface area contributed by atoms with E-state index in [1.807, 2.05) is 24.3 Å². The van der Waals surface area contributed by atoms with Gasteiger partial charge in [-0.25, -0.2) is 0 Å². The van der Waals surface area contributed by atoms with Gasteiger partial charge in [0.05, 0.1) is 5.41 Å². The van der Waals surface area contributed by atoms with E-state index in [0.717, 1.165) is 56.2 Å². The maximum absolute atomic E-state index is 13.1. The van der Waals surface area contributed by atoms with E-state index in [-0.39, 0.29) is 17.4 Å². The molecule has 0 saturated carbocycles. The molecule has 2 aromatic rings. The van der Waals surface area contributed by atoms with Gasteiger partial charge in [-0.15, -0.1) is 0 Å². The summed E-state index contributed by atoms with van der Waals surface area (Å²) in [7, 11) is 0. The predicted octanol–water partition coefficient (Wildman–Crippen LogP) is 3.04. The van der Waals surface area contributed by atoms with Crippen molar-refractivity contribution in [2.45, 2.75) is 32.4 Å². The van der Waals surface area contributed by atoms with Crippen molar-refractivity contribution in [2.24, 2.45) is 5.41 Å². The SMILES string of the molecule is CC(CN1CCc2ccccc2C1)NC(=O)C1(Cc2ccc(Cl)cc2)CNC1. The fourth-order valence-electron chi connectivity index (χ4n) is 4.31. The number of fused-ring (bicyclic) bond motifs is 1. The maximum Gasteiger partial charge on any atom is 0.229 e. The molecule has 4 nitrogen and oxygen atoms in total. The second-order valence-electron chi connectivity index (χ2n) is 8.32. The molecular formula is C23H28ClN3O. The minimum atomic E-state index is -0.351. The van der Waals surface area contributed by atoms with Crippen LogP contribution >= 0.6 is 11.6 Å². The van der Waals surface area contributed by atoms with E-state index < -0.39 is 0 Å². The lowest BCUT2D eigenvalue weighted by Gasteiger charge is -2.42. The van der Waals surface area contributed by atoms with Crippen LogP contribution in [0.3, 0.4) is 0 Å². The molecule has 2 aliphatic rings. The van der Waals surface area contributed by atoms with Gasteiger partial charge in [-0.1, -0.05) is 48.0 Å². The van der Waals surface area contributed by atoms with Crippen LogP contribution in [-0.2, 0) is 24.2 Å².